The van der Waals surface area contributed by atoms with Gasteiger partial charge < -0.3 is 0 Å². The molecule has 0 atom stereocenters. The van der Waals surface area contributed by atoms with Crippen molar-refractivity contribution < 1.29 is 0 Å². The Kier molecular flexibility index (Phi) is 8.41. The van der Waals surface area contributed by atoms with Crippen LogP contribution in [0.25, 0.3) is 0 Å². The molecule has 0 unspecified atom stereocenters. The van der Waals surface area contributed by atoms with Gasteiger partial charge in [-0.05, 0) is 32.3 Å². The minimum atomic E-state index is 0.945. The molecule has 0 N–H and O–H groups in total. The Bertz CT molecular complexity index is 307. The van der Waals surface area contributed by atoms with Gasteiger partial charge in [-0.3, -0.25) is 9.98 Å². The number of hydrogen-bond acceptors (Lipinski definition) is 2. The average Bonchev–Trinajstić information content (AvgIpc) is 2.30. The van der Waals surface area contributed by atoms with Gasteiger partial charge in [0, 0.05) is 20.3 Å². The van der Waals surface area contributed by atoms with Crippen LogP contribution >= 0.6 is 0 Å². The molecule has 0 aliphatic rings. The third-order valence-electron chi connectivity index (χ3n) is 2.43. The highest BCUT2D eigenvalue weighted by molar-refractivity contribution is 6.39. The Morgan fingerprint density at radius 2 is 1.94 bits per heavy atom. The predicted octanol–water partition coefficient (Wildman–Crippen LogP) is 3.84. The summed E-state index contributed by atoms with van der Waals surface area (Å²) in [6, 6.07) is 0. The first-order valence-electron chi connectivity index (χ1n) is 5.92. The minimum absolute atomic E-state index is 0.945. The smallest absolute Gasteiger partial charge is 0.0817 e. The van der Waals surface area contributed by atoms with E-state index in [2.05, 4.69) is 36.0 Å². The summed E-state index contributed by atoms with van der Waals surface area (Å²) < 4.78 is 0. The monoisotopic (exact) mass is 220 g/mol. The van der Waals surface area contributed by atoms with E-state index in [4.69, 9.17) is 0 Å². The van der Waals surface area contributed by atoms with Gasteiger partial charge in [0.15, 0.2) is 0 Å². The third-order valence-corrected chi connectivity index (χ3v) is 2.43. The lowest BCUT2D eigenvalue weighted by atomic mass is 10.0. The molecule has 90 valence electrons. The second kappa shape index (κ2) is 9.08. The summed E-state index contributed by atoms with van der Waals surface area (Å²) in [5.41, 5.74) is 3.50. The zero-order valence-electron chi connectivity index (χ0n) is 11.2. The van der Waals surface area contributed by atoms with Gasteiger partial charge in [-0.1, -0.05) is 31.1 Å². The maximum Gasteiger partial charge on any atom is 0.0817 e. The number of allylic oxidation sites excluding steroid dienone is 4. The maximum absolute atomic E-state index is 4.24. The number of hydrogen-bond donors (Lipinski definition) is 0. The van der Waals surface area contributed by atoms with Gasteiger partial charge in [-0.25, -0.2) is 0 Å². The van der Waals surface area contributed by atoms with Crippen molar-refractivity contribution >= 4 is 11.9 Å². The quantitative estimate of drug-likeness (QED) is 0.480. The molecule has 0 rings (SSSR count). The molecule has 0 saturated heterocycles. The van der Waals surface area contributed by atoms with Gasteiger partial charge in [0.05, 0.1) is 5.71 Å². The molecule has 0 heterocycles. The van der Waals surface area contributed by atoms with Crippen LogP contribution < -0.4 is 0 Å². The number of rotatable bonds is 6. The summed E-state index contributed by atoms with van der Waals surface area (Å²) in [5, 5.41) is 0. The van der Waals surface area contributed by atoms with Crippen molar-refractivity contribution in [1.82, 2.24) is 0 Å². The highest BCUT2D eigenvalue weighted by Crippen LogP contribution is 2.11. The van der Waals surface area contributed by atoms with Crippen molar-refractivity contribution in [1.29, 1.82) is 0 Å². The lowest BCUT2D eigenvalue weighted by molar-refractivity contribution is 0.787. The van der Waals surface area contributed by atoms with Crippen LogP contribution in [-0.4, -0.2) is 26.0 Å². The van der Waals surface area contributed by atoms with Crippen molar-refractivity contribution in [2.24, 2.45) is 9.98 Å². The standard InChI is InChI=1S/C14H24N2/c1-6-8-9-12(3)10-13(7-2)14(16-5)11-15-4/h7,10-11H,6,8-9H2,1-5H3/b12-10-,13-7+,15-11?,16-14?. The van der Waals surface area contributed by atoms with Gasteiger partial charge >= 0.3 is 0 Å². The topological polar surface area (TPSA) is 24.7 Å². The second-order valence-corrected chi connectivity index (χ2v) is 3.83. The first-order chi connectivity index (χ1) is 7.69. The molecular formula is C14H24N2. The van der Waals surface area contributed by atoms with E-state index in [-0.39, 0.29) is 0 Å². The number of aliphatic imine (C=N–C) groups is 2. The first kappa shape index (κ1) is 14.8. The minimum Gasteiger partial charge on any atom is -0.294 e. The van der Waals surface area contributed by atoms with E-state index >= 15 is 0 Å². The summed E-state index contributed by atoms with van der Waals surface area (Å²) in [6.45, 7) is 6.43. The van der Waals surface area contributed by atoms with Crippen molar-refractivity contribution in [2.45, 2.75) is 40.0 Å². The largest absolute Gasteiger partial charge is 0.294 e. The lowest BCUT2D eigenvalue weighted by Crippen LogP contribution is -2.03. The molecule has 0 fully saturated rings. The van der Waals surface area contributed by atoms with Crippen molar-refractivity contribution in [3.8, 4) is 0 Å². The summed E-state index contributed by atoms with van der Waals surface area (Å²) in [7, 11) is 3.57. The zero-order chi connectivity index (χ0) is 12.4. The van der Waals surface area contributed by atoms with Crippen molar-refractivity contribution in [3.63, 3.8) is 0 Å². The molecule has 0 amide bonds. The summed E-state index contributed by atoms with van der Waals surface area (Å²) in [5.74, 6) is 0. The van der Waals surface area contributed by atoms with Crippen molar-refractivity contribution in [3.05, 3.63) is 23.3 Å². The van der Waals surface area contributed by atoms with Crippen LogP contribution in [-0.2, 0) is 0 Å². The van der Waals surface area contributed by atoms with E-state index in [0.717, 1.165) is 17.7 Å². The normalized spacial score (nSPS) is 14.9. The van der Waals surface area contributed by atoms with Gasteiger partial charge in [0.25, 0.3) is 0 Å². The van der Waals surface area contributed by atoms with E-state index in [9.17, 15) is 0 Å². The molecule has 0 aromatic carbocycles. The third kappa shape index (κ3) is 5.64. The van der Waals surface area contributed by atoms with Gasteiger partial charge in [-0.15, -0.1) is 0 Å². The molecule has 2 nitrogen and oxygen atoms in total. The molecule has 0 aliphatic carbocycles. The van der Waals surface area contributed by atoms with E-state index in [1.54, 1.807) is 20.3 Å². The molecule has 0 aromatic rings. The summed E-state index contributed by atoms with van der Waals surface area (Å²) in [6.07, 6.45) is 9.74. The Morgan fingerprint density at radius 3 is 2.38 bits per heavy atom. The van der Waals surface area contributed by atoms with Crippen LogP contribution in [0.15, 0.2) is 33.3 Å². The Balaban J connectivity index is 4.75. The molecule has 16 heavy (non-hydrogen) atoms. The van der Waals surface area contributed by atoms with Crippen LogP contribution in [0.2, 0.25) is 0 Å². The molecule has 2 heteroatoms. The zero-order valence-corrected chi connectivity index (χ0v) is 11.2. The molecule has 0 spiro atoms. The Labute approximate surface area is 99.9 Å². The van der Waals surface area contributed by atoms with Crippen molar-refractivity contribution in [2.75, 3.05) is 14.1 Å². The summed E-state index contributed by atoms with van der Waals surface area (Å²) >= 11 is 0. The van der Waals surface area contributed by atoms with Crippen LogP contribution in [0.1, 0.15) is 40.0 Å². The lowest BCUT2D eigenvalue weighted by Gasteiger charge is -2.04. The van der Waals surface area contributed by atoms with Gasteiger partial charge in [-0.2, -0.15) is 0 Å². The first-order valence-corrected chi connectivity index (χ1v) is 5.92. The number of nitrogens with zero attached hydrogens (tertiary/aromatic N) is 2. The number of unbranched alkanes of at least 4 members (excludes halogenated alkanes) is 1. The van der Waals surface area contributed by atoms with Gasteiger partial charge in [0.1, 0.15) is 0 Å². The van der Waals surface area contributed by atoms with Crippen LogP contribution in [0.4, 0.5) is 0 Å². The fourth-order valence-corrected chi connectivity index (χ4v) is 1.48. The van der Waals surface area contributed by atoms with Crippen LogP contribution in [0, 0.1) is 0 Å². The molecule has 0 radical (unpaired) electrons. The second-order valence-electron chi connectivity index (χ2n) is 3.83. The molecule has 0 saturated carbocycles. The van der Waals surface area contributed by atoms with Gasteiger partial charge in [0.2, 0.25) is 0 Å². The SMILES string of the molecule is C/C=C(\C=C(\C)CCCC)C(C=NC)=NC. The fraction of sp³-hybridized carbons (Fsp3) is 0.571. The van der Waals surface area contributed by atoms with E-state index in [1.807, 2.05) is 6.92 Å². The van der Waals surface area contributed by atoms with Crippen LogP contribution in [0.3, 0.4) is 0 Å². The molecule has 0 aliphatic heterocycles. The molecular weight excluding hydrogens is 196 g/mol. The fourth-order valence-electron chi connectivity index (χ4n) is 1.48. The Hall–Kier alpha value is -1.18. The average molecular weight is 220 g/mol. The highest BCUT2D eigenvalue weighted by atomic mass is 14.7. The summed E-state index contributed by atoms with van der Waals surface area (Å²) in [4.78, 5) is 8.26. The van der Waals surface area contributed by atoms with E-state index < -0.39 is 0 Å². The highest BCUT2D eigenvalue weighted by Gasteiger charge is 2.00. The predicted molar refractivity (Wildman–Crippen MR) is 74.8 cm³/mol. The molecule has 0 bridgehead atoms. The van der Waals surface area contributed by atoms with E-state index in [0.29, 0.717) is 0 Å². The van der Waals surface area contributed by atoms with E-state index in [1.165, 1.54) is 18.4 Å². The maximum atomic E-state index is 4.24. The Morgan fingerprint density at radius 1 is 1.25 bits per heavy atom. The van der Waals surface area contributed by atoms with Crippen LogP contribution in [0.5, 0.6) is 0 Å². The molecule has 0 aromatic heterocycles.